The number of rotatable bonds is 6. The summed E-state index contributed by atoms with van der Waals surface area (Å²) in [6.07, 6.45) is -5.64. The molecule has 0 aliphatic heterocycles. The molecule has 0 fully saturated rings. The quantitative estimate of drug-likeness (QED) is 0.384. The van der Waals surface area contributed by atoms with Gasteiger partial charge in [-0.1, -0.05) is 11.2 Å². The van der Waals surface area contributed by atoms with Gasteiger partial charge >= 0.3 is 12.4 Å². The van der Waals surface area contributed by atoms with Crippen LogP contribution in [0, 0.1) is 0 Å². The Bertz CT molecular complexity index is 1370. The monoisotopic (exact) mass is 511 g/mol. The largest absolute Gasteiger partial charge is 0.435 e. The number of carbonyl (C=O) groups is 1. The molecule has 4 aromatic heterocycles. The first kappa shape index (κ1) is 24.8. The Labute approximate surface area is 198 Å². The molecule has 0 spiro atoms. The molecular formula is C21H15F6N7O2. The van der Waals surface area contributed by atoms with Gasteiger partial charge in [-0.15, -0.1) is 0 Å². The van der Waals surface area contributed by atoms with Crippen LogP contribution in [0.5, 0.6) is 0 Å². The molecule has 0 bridgehead atoms. The van der Waals surface area contributed by atoms with Crippen LogP contribution in [0.3, 0.4) is 0 Å². The summed E-state index contributed by atoms with van der Waals surface area (Å²) in [5, 5.41) is 9.55. The van der Waals surface area contributed by atoms with Crippen molar-refractivity contribution in [3.8, 4) is 11.4 Å². The van der Waals surface area contributed by atoms with Gasteiger partial charge in [0, 0.05) is 30.2 Å². The zero-order valence-electron chi connectivity index (χ0n) is 18.2. The Morgan fingerprint density at radius 2 is 1.83 bits per heavy atom. The van der Waals surface area contributed by atoms with Gasteiger partial charge in [0.25, 0.3) is 5.91 Å². The van der Waals surface area contributed by atoms with E-state index in [1.54, 1.807) is 12.1 Å². The van der Waals surface area contributed by atoms with Crippen molar-refractivity contribution in [2.24, 2.45) is 0 Å². The van der Waals surface area contributed by atoms with Crippen LogP contribution in [0.15, 0.2) is 53.4 Å². The molecule has 1 amide bonds. The molecule has 36 heavy (non-hydrogen) atoms. The first-order chi connectivity index (χ1) is 16.9. The summed E-state index contributed by atoms with van der Waals surface area (Å²) < 4.78 is 84.4. The zero-order valence-corrected chi connectivity index (χ0v) is 18.2. The fraction of sp³-hybridized carbons (Fsp3) is 0.238. The number of nitrogens with one attached hydrogen (secondary N) is 1. The Kier molecular flexibility index (Phi) is 6.47. The molecule has 0 aromatic carbocycles. The highest BCUT2D eigenvalue weighted by Crippen LogP contribution is 2.31. The maximum absolute atomic E-state index is 13.2. The summed E-state index contributed by atoms with van der Waals surface area (Å²) in [5.74, 6) is -1.30. The molecule has 0 unspecified atom stereocenters. The molecule has 0 aliphatic carbocycles. The third-order valence-corrected chi connectivity index (χ3v) is 4.83. The van der Waals surface area contributed by atoms with Crippen molar-refractivity contribution in [2.45, 2.75) is 31.9 Å². The van der Waals surface area contributed by atoms with E-state index in [0.29, 0.717) is 11.6 Å². The minimum absolute atomic E-state index is 0.0322. The highest BCUT2D eigenvalue weighted by atomic mass is 19.4. The normalized spacial score (nSPS) is 13.0. The molecule has 1 N–H and O–H groups in total. The highest BCUT2D eigenvalue weighted by Gasteiger charge is 2.36. The number of aromatic nitrogens is 6. The summed E-state index contributed by atoms with van der Waals surface area (Å²) in [6, 6.07) is 4.76. The average molecular weight is 511 g/mol. The first-order valence-electron chi connectivity index (χ1n) is 10.1. The van der Waals surface area contributed by atoms with E-state index in [0.717, 1.165) is 16.9 Å². The summed E-state index contributed by atoms with van der Waals surface area (Å²) >= 11 is 0. The number of hydrogen-bond acceptors (Lipinski definition) is 7. The van der Waals surface area contributed by atoms with Gasteiger partial charge in [-0.3, -0.25) is 19.4 Å². The van der Waals surface area contributed by atoms with E-state index in [1.165, 1.54) is 25.4 Å². The lowest BCUT2D eigenvalue weighted by molar-refractivity contribution is -0.142. The molecule has 0 saturated carbocycles. The van der Waals surface area contributed by atoms with Crippen molar-refractivity contribution >= 4 is 5.91 Å². The molecule has 0 radical (unpaired) electrons. The van der Waals surface area contributed by atoms with Crippen LogP contribution >= 0.6 is 0 Å². The van der Waals surface area contributed by atoms with Crippen molar-refractivity contribution in [2.75, 3.05) is 0 Å². The lowest BCUT2D eigenvalue weighted by Gasteiger charge is -2.11. The summed E-state index contributed by atoms with van der Waals surface area (Å²) in [5.41, 5.74) is -2.33. The third kappa shape index (κ3) is 5.50. The minimum atomic E-state index is -4.79. The van der Waals surface area contributed by atoms with Crippen LogP contribution in [0.4, 0.5) is 26.3 Å². The molecule has 4 rings (SSSR count). The standard InChI is InChI=1S/C21H15F6N7O2/c1-11(19-31-17(33-36-19)13-4-6-29-15(7-13)20(22,23)24)30-18(35)14-8-16(21(25,26)27)32-34(14)10-12-3-2-5-28-9-12/h2-9,11H,10H2,1H3,(H,30,35)/t11-/m0/s1. The second-order valence-electron chi connectivity index (χ2n) is 7.51. The predicted molar refractivity (Wildman–Crippen MR) is 109 cm³/mol. The number of pyridine rings is 2. The van der Waals surface area contributed by atoms with Gasteiger partial charge < -0.3 is 9.84 Å². The lowest BCUT2D eigenvalue weighted by atomic mass is 10.2. The Morgan fingerprint density at radius 3 is 2.50 bits per heavy atom. The number of alkyl halides is 6. The molecule has 1 atom stereocenters. The topological polar surface area (TPSA) is 112 Å². The second kappa shape index (κ2) is 9.39. The van der Waals surface area contributed by atoms with Gasteiger partial charge in [0.05, 0.1) is 6.54 Å². The third-order valence-electron chi connectivity index (χ3n) is 4.83. The molecule has 188 valence electrons. The number of amides is 1. The van der Waals surface area contributed by atoms with Crippen LogP contribution < -0.4 is 5.32 Å². The molecular weight excluding hydrogens is 496 g/mol. The van der Waals surface area contributed by atoms with E-state index in [4.69, 9.17) is 4.52 Å². The summed E-state index contributed by atoms with van der Waals surface area (Å²) in [7, 11) is 0. The molecule has 9 nitrogen and oxygen atoms in total. The van der Waals surface area contributed by atoms with Crippen LogP contribution in [-0.2, 0) is 18.9 Å². The smallest absolute Gasteiger partial charge is 0.339 e. The van der Waals surface area contributed by atoms with Gasteiger partial charge in [-0.2, -0.15) is 36.4 Å². The van der Waals surface area contributed by atoms with Crippen LogP contribution in [0.2, 0.25) is 0 Å². The number of carbonyl (C=O) groups excluding carboxylic acids is 1. The minimum Gasteiger partial charge on any atom is -0.339 e. The predicted octanol–water partition coefficient (Wildman–Crippen LogP) is 4.30. The van der Waals surface area contributed by atoms with E-state index in [9.17, 15) is 31.1 Å². The average Bonchev–Trinajstić information content (AvgIpc) is 3.47. The molecule has 4 aromatic rings. The van der Waals surface area contributed by atoms with Gasteiger partial charge in [0.1, 0.15) is 17.4 Å². The van der Waals surface area contributed by atoms with E-state index in [1.807, 2.05) is 0 Å². The SMILES string of the molecule is C[C@H](NC(=O)c1cc(C(F)(F)F)nn1Cc1cccnc1)c1nc(-c2ccnc(C(F)(F)F)c2)no1. The van der Waals surface area contributed by atoms with Crippen LogP contribution in [-0.4, -0.2) is 35.8 Å². The maximum Gasteiger partial charge on any atom is 0.435 e. The van der Waals surface area contributed by atoms with Gasteiger partial charge in [-0.05, 0) is 30.7 Å². The fourth-order valence-electron chi connectivity index (χ4n) is 3.11. The molecule has 15 heteroatoms. The second-order valence-corrected chi connectivity index (χ2v) is 7.51. The van der Waals surface area contributed by atoms with E-state index >= 15 is 0 Å². The van der Waals surface area contributed by atoms with Gasteiger partial charge in [0.15, 0.2) is 5.69 Å². The number of hydrogen-bond donors (Lipinski definition) is 1. The Balaban J connectivity index is 1.55. The van der Waals surface area contributed by atoms with Crippen molar-refractivity contribution < 1.29 is 35.7 Å². The zero-order chi connectivity index (χ0) is 26.1. The lowest BCUT2D eigenvalue weighted by Crippen LogP contribution is -2.29. The Hall–Kier alpha value is -4.30. The molecule has 0 aliphatic rings. The van der Waals surface area contributed by atoms with Gasteiger partial charge in [0.2, 0.25) is 11.7 Å². The molecule has 0 saturated heterocycles. The van der Waals surface area contributed by atoms with E-state index in [-0.39, 0.29) is 29.5 Å². The summed E-state index contributed by atoms with van der Waals surface area (Å²) in [6.45, 7) is 1.25. The van der Waals surface area contributed by atoms with Crippen molar-refractivity contribution in [1.82, 2.24) is 35.2 Å². The highest BCUT2D eigenvalue weighted by molar-refractivity contribution is 5.93. The Morgan fingerprint density at radius 1 is 1.08 bits per heavy atom. The van der Waals surface area contributed by atoms with Crippen LogP contribution in [0.25, 0.3) is 11.4 Å². The van der Waals surface area contributed by atoms with Crippen molar-refractivity contribution in [3.63, 3.8) is 0 Å². The van der Waals surface area contributed by atoms with Crippen molar-refractivity contribution in [1.29, 1.82) is 0 Å². The first-order valence-corrected chi connectivity index (χ1v) is 10.1. The summed E-state index contributed by atoms with van der Waals surface area (Å²) in [4.78, 5) is 24.0. The van der Waals surface area contributed by atoms with E-state index < -0.39 is 35.7 Å². The van der Waals surface area contributed by atoms with Gasteiger partial charge in [-0.25, -0.2) is 0 Å². The number of nitrogens with zero attached hydrogens (tertiary/aromatic N) is 6. The van der Waals surface area contributed by atoms with Crippen molar-refractivity contribution in [3.05, 3.63) is 77.5 Å². The fourth-order valence-corrected chi connectivity index (χ4v) is 3.11. The van der Waals surface area contributed by atoms with E-state index in [2.05, 4.69) is 30.5 Å². The molecule has 4 heterocycles. The number of halogens is 6. The van der Waals surface area contributed by atoms with Crippen LogP contribution in [0.1, 0.15) is 46.3 Å². The maximum atomic E-state index is 13.2.